The molecule has 0 spiro atoms. The van der Waals surface area contributed by atoms with Crippen molar-refractivity contribution in [3.05, 3.63) is 23.8 Å². The number of anilines is 1. The first kappa shape index (κ1) is 16.4. The van der Waals surface area contributed by atoms with Gasteiger partial charge in [0, 0.05) is 24.7 Å². The molecule has 2 aromatic rings. The summed E-state index contributed by atoms with van der Waals surface area (Å²) < 4.78 is 5.66. The van der Waals surface area contributed by atoms with Crippen molar-refractivity contribution in [2.45, 2.75) is 57.2 Å². The number of fused-ring (bicyclic) bond motifs is 3. The van der Waals surface area contributed by atoms with E-state index in [1.807, 2.05) is 25.1 Å². The first-order valence-corrected chi connectivity index (χ1v) is 9.32. The van der Waals surface area contributed by atoms with E-state index in [1.54, 1.807) is 0 Å². The van der Waals surface area contributed by atoms with Crippen LogP contribution in [0.4, 0.5) is 6.01 Å². The highest BCUT2D eigenvalue weighted by Gasteiger charge is 2.36. The van der Waals surface area contributed by atoms with Gasteiger partial charge in [-0.25, -0.2) is 0 Å². The number of nitrogens with zero attached hydrogens (tertiary/aromatic N) is 2. The number of amides is 1. The molecule has 2 atom stereocenters. The molecule has 1 amide bonds. The number of benzene rings is 1. The summed E-state index contributed by atoms with van der Waals surface area (Å²) in [5.41, 5.74) is 1.86. The fraction of sp³-hybridized carbons (Fsp3) is 0.579. The number of carbonyl (C=O) groups excluding carboxylic acids is 1. The summed E-state index contributed by atoms with van der Waals surface area (Å²) in [7, 11) is 2.23. The lowest BCUT2D eigenvalue weighted by molar-refractivity contribution is 0.0463. The van der Waals surface area contributed by atoms with E-state index in [0.717, 1.165) is 19.4 Å². The normalized spacial score (nSPS) is 26.6. The molecule has 2 unspecified atom stereocenters. The van der Waals surface area contributed by atoms with Gasteiger partial charge in [0.2, 0.25) is 0 Å². The fourth-order valence-electron chi connectivity index (χ4n) is 4.36. The molecule has 2 N–H and O–H groups in total. The first-order valence-electron chi connectivity index (χ1n) is 9.32. The summed E-state index contributed by atoms with van der Waals surface area (Å²) in [6, 6.07) is 7.43. The van der Waals surface area contributed by atoms with Crippen LogP contribution in [0.5, 0.6) is 0 Å². The third kappa shape index (κ3) is 3.11. The van der Waals surface area contributed by atoms with E-state index in [1.165, 1.54) is 19.3 Å². The Morgan fingerprint density at radius 3 is 2.80 bits per heavy atom. The van der Waals surface area contributed by atoms with Crippen molar-refractivity contribution in [1.29, 1.82) is 0 Å². The van der Waals surface area contributed by atoms with E-state index in [2.05, 4.69) is 27.6 Å². The lowest BCUT2D eigenvalue weighted by atomic mass is 9.82. The number of oxazole rings is 1. The molecule has 2 aliphatic heterocycles. The van der Waals surface area contributed by atoms with Crippen molar-refractivity contribution in [1.82, 2.24) is 15.2 Å². The predicted molar refractivity (Wildman–Crippen MR) is 97.9 cm³/mol. The molecule has 134 valence electrons. The van der Waals surface area contributed by atoms with Crippen LogP contribution < -0.4 is 10.6 Å². The quantitative estimate of drug-likeness (QED) is 0.894. The van der Waals surface area contributed by atoms with Crippen LogP contribution in [0, 0.1) is 0 Å². The maximum Gasteiger partial charge on any atom is 0.295 e. The van der Waals surface area contributed by atoms with Crippen LogP contribution in [0.2, 0.25) is 0 Å². The highest BCUT2D eigenvalue weighted by atomic mass is 16.4. The molecule has 2 fully saturated rings. The Kier molecular flexibility index (Phi) is 4.37. The molecule has 6 nitrogen and oxygen atoms in total. The minimum absolute atomic E-state index is 0.0467. The lowest BCUT2D eigenvalue weighted by Crippen LogP contribution is -2.55. The third-order valence-corrected chi connectivity index (χ3v) is 5.67. The Morgan fingerprint density at radius 2 is 2.08 bits per heavy atom. The summed E-state index contributed by atoms with van der Waals surface area (Å²) in [5.74, 6) is -0.0467. The molecule has 0 radical (unpaired) electrons. The monoisotopic (exact) mass is 342 g/mol. The van der Waals surface area contributed by atoms with Gasteiger partial charge in [0.1, 0.15) is 5.52 Å². The zero-order valence-electron chi connectivity index (χ0n) is 14.9. The van der Waals surface area contributed by atoms with E-state index < -0.39 is 0 Å². The Balaban J connectivity index is 1.52. The molecule has 3 heterocycles. The zero-order valence-corrected chi connectivity index (χ0v) is 14.9. The Morgan fingerprint density at radius 1 is 1.32 bits per heavy atom. The van der Waals surface area contributed by atoms with Gasteiger partial charge in [-0.2, -0.15) is 4.98 Å². The highest BCUT2D eigenvalue weighted by molar-refractivity contribution is 6.04. The van der Waals surface area contributed by atoms with Crippen molar-refractivity contribution >= 4 is 23.0 Å². The number of hydrogen-bond donors (Lipinski definition) is 2. The Bertz CT molecular complexity index is 758. The molecule has 2 saturated heterocycles. The van der Waals surface area contributed by atoms with Crippen LogP contribution in [0.1, 0.15) is 49.4 Å². The van der Waals surface area contributed by atoms with Crippen molar-refractivity contribution in [2.24, 2.45) is 0 Å². The van der Waals surface area contributed by atoms with E-state index in [0.29, 0.717) is 34.8 Å². The van der Waals surface area contributed by atoms with Gasteiger partial charge < -0.3 is 20.0 Å². The van der Waals surface area contributed by atoms with Gasteiger partial charge in [-0.1, -0.05) is 12.5 Å². The van der Waals surface area contributed by atoms with Crippen molar-refractivity contribution in [2.75, 3.05) is 18.9 Å². The van der Waals surface area contributed by atoms with Gasteiger partial charge in [0.05, 0.1) is 5.56 Å². The summed E-state index contributed by atoms with van der Waals surface area (Å²) in [4.78, 5) is 19.8. The number of piperidine rings is 2. The minimum Gasteiger partial charge on any atom is -0.424 e. The SMILES string of the molecule is CCNc1nc2c(C(=O)NC3CC4CCCC(C3)N4C)cccc2o1. The summed E-state index contributed by atoms with van der Waals surface area (Å²) in [6.07, 6.45) is 5.87. The van der Waals surface area contributed by atoms with Gasteiger partial charge >= 0.3 is 0 Å². The molecular weight excluding hydrogens is 316 g/mol. The van der Waals surface area contributed by atoms with Gasteiger partial charge in [-0.05, 0) is 51.8 Å². The van der Waals surface area contributed by atoms with Gasteiger partial charge in [0.15, 0.2) is 5.58 Å². The average molecular weight is 342 g/mol. The first-order chi connectivity index (χ1) is 12.2. The Hall–Kier alpha value is -2.08. The second kappa shape index (κ2) is 6.67. The molecule has 1 aromatic heterocycles. The summed E-state index contributed by atoms with van der Waals surface area (Å²) in [5, 5.41) is 6.31. The fourth-order valence-corrected chi connectivity index (χ4v) is 4.36. The van der Waals surface area contributed by atoms with Crippen LogP contribution in [0.15, 0.2) is 22.6 Å². The molecule has 6 heteroatoms. The molecule has 0 aliphatic carbocycles. The average Bonchev–Trinajstić information content (AvgIpc) is 2.98. The second-order valence-electron chi connectivity index (χ2n) is 7.25. The van der Waals surface area contributed by atoms with E-state index >= 15 is 0 Å². The van der Waals surface area contributed by atoms with Crippen LogP contribution in [-0.4, -0.2) is 47.5 Å². The minimum atomic E-state index is -0.0467. The third-order valence-electron chi connectivity index (χ3n) is 5.67. The molecule has 1 aromatic carbocycles. The maximum absolute atomic E-state index is 12.9. The lowest BCUT2D eigenvalue weighted by Gasteiger charge is -2.47. The zero-order chi connectivity index (χ0) is 17.4. The second-order valence-corrected chi connectivity index (χ2v) is 7.25. The molecule has 4 rings (SSSR count). The van der Waals surface area contributed by atoms with Crippen LogP contribution in [0.3, 0.4) is 0 Å². The summed E-state index contributed by atoms with van der Waals surface area (Å²) >= 11 is 0. The number of rotatable bonds is 4. The van der Waals surface area contributed by atoms with Crippen LogP contribution >= 0.6 is 0 Å². The van der Waals surface area contributed by atoms with Crippen LogP contribution in [-0.2, 0) is 0 Å². The largest absolute Gasteiger partial charge is 0.424 e. The van der Waals surface area contributed by atoms with E-state index in [4.69, 9.17) is 4.42 Å². The van der Waals surface area contributed by atoms with Crippen molar-refractivity contribution in [3.63, 3.8) is 0 Å². The van der Waals surface area contributed by atoms with Crippen molar-refractivity contribution in [3.8, 4) is 0 Å². The number of para-hydroxylation sites is 1. The molecule has 2 aliphatic rings. The van der Waals surface area contributed by atoms with Crippen molar-refractivity contribution < 1.29 is 9.21 Å². The van der Waals surface area contributed by atoms with E-state index in [9.17, 15) is 4.79 Å². The number of nitrogens with one attached hydrogen (secondary N) is 2. The Labute approximate surface area is 148 Å². The molecule has 2 bridgehead atoms. The molecular formula is C19H26N4O2. The maximum atomic E-state index is 12.9. The summed E-state index contributed by atoms with van der Waals surface area (Å²) in [6.45, 7) is 2.71. The van der Waals surface area contributed by atoms with E-state index in [-0.39, 0.29) is 11.9 Å². The van der Waals surface area contributed by atoms with Gasteiger partial charge in [-0.3, -0.25) is 4.79 Å². The molecule has 0 saturated carbocycles. The molecule has 25 heavy (non-hydrogen) atoms. The van der Waals surface area contributed by atoms with Crippen LogP contribution in [0.25, 0.3) is 11.1 Å². The topological polar surface area (TPSA) is 70.4 Å². The number of hydrogen-bond acceptors (Lipinski definition) is 5. The van der Waals surface area contributed by atoms with Gasteiger partial charge in [-0.15, -0.1) is 0 Å². The van der Waals surface area contributed by atoms with Gasteiger partial charge in [0.25, 0.3) is 11.9 Å². The standard InChI is InChI=1S/C19H26N4O2/c1-3-20-19-22-17-15(8-5-9-16(17)25-19)18(24)21-12-10-13-6-4-7-14(11-12)23(13)2/h5,8-9,12-14H,3-4,6-7,10-11H2,1-2H3,(H,20,22)(H,21,24). The number of aromatic nitrogens is 1. The predicted octanol–water partition coefficient (Wildman–Crippen LogP) is 3.00. The smallest absolute Gasteiger partial charge is 0.295 e. The highest BCUT2D eigenvalue weighted by Crippen LogP contribution is 2.33. The number of carbonyl (C=O) groups is 1.